The number of rotatable bonds is 7. The Morgan fingerprint density at radius 2 is 1.56 bits per heavy atom. The first kappa shape index (κ1) is 30.2. The maximum Gasteiger partial charge on any atom is 0.416 e. The number of Topliss-reactive ketones (excluding diaryl/α,β-unsaturated/α-hetero) is 1. The molecule has 1 aliphatic heterocycles. The molecule has 1 aromatic heterocycles. The van der Waals surface area contributed by atoms with E-state index in [2.05, 4.69) is 4.98 Å². The van der Waals surface area contributed by atoms with Crippen LogP contribution in [0.15, 0.2) is 84.2 Å². The molecule has 10 heteroatoms. The molecular formula is C33H30F3N3O3S. The minimum absolute atomic E-state index is 0.0782. The maximum absolute atomic E-state index is 13.5. The van der Waals surface area contributed by atoms with Gasteiger partial charge in [-0.15, -0.1) is 11.3 Å². The largest absolute Gasteiger partial charge is 0.416 e. The Morgan fingerprint density at radius 1 is 0.930 bits per heavy atom. The second kappa shape index (κ2) is 12.5. The van der Waals surface area contributed by atoms with Crippen molar-refractivity contribution in [2.45, 2.75) is 37.9 Å². The third kappa shape index (κ3) is 6.54. The number of piperidine rings is 1. The van der Waals surface area contributed by atoms with Crippen molar-refractivity contribution in [1.82, 2.24) is 14.8 Å². The Labute approximate surface area is 251 Å². The van der Waals surface area contributed by atoms with Crippen molar-refractivity contribution in [1.29, 1.82) is 0 Å². The van der Waals surface area contributed by atoms with Crippen molar-refractivity contribution in [3.8, 4) is 11.1 Å². The van der Waals surface area contributed by atoms with Crippen LogP contribution in [0.25, 0.3) is 11.1 Å². The molecule has 1 atom stereocenters. The van der Waals surface area contributed by atoms with Crippen molar-refractivity contribution >= 4 is 28.9 Å². The average molecular weight is 606 g/mol. The van der Waals surface area contributed by atoms with Crippen LogP contribution >= 0.6 is 11.3 Å². The Kier molecular flexibility index (Phi) is 8.77. The summed E-state index contributed by atoms with van der Waals surface area (Å²) < 4.78 is 39.1. The predicted molar refractivity (Wildman–Crippen MR) is 159 cm³/mol. The summed E-state index contributed by atoms with van der Waals surface area (Å²) in [4.78, 5) is 47.2. The second-order valence-electron chi connectivity index (χ2n) is 10.6. The number of hydrogen-bond acceptors (Lipinski definition) is 5. The molecule has 3 aromatic carbocycles. The number of benzene rings is 3. The lowest BCUT2D eigenvalue weighted by molar-refractivity contribution is -0.137. The number of likely N-dealkylation sites (N-methyl/N-ethyl adjacent to an activating group) is 1. The van der Waals surface area contributed by atoms with Gasteiger partial charge in [0.15, 0.2) is 5.78 Å². The summed E-state index contributed by atoms with van der Waals surface area (Å²) in [5.74, 6) is -0.576. The Balaban J connectivity index is 1.22. The smallest absolute Gasteiger partial charge is 0.339 e. The first-order chi connectivity index (χ1) is 20.5. The molecule has 43 heavy (non-hydrogen) atoms. The van der Waals surface area contributed by atoms with Gasteiger partial charge in [0.25, 0.3) is 11.8 Å². The molecule has 0 bridgehead atoms. The molecule has 222 valence electrons. The van der Waals surface area contributed by atoms with E-state index in [0.717, 1.165) is 17.1 Å². The van der Waals surface area contributed by atoms with Crippen LogP contribution < -0.4 is 0 Å². The van der Waals surface area contributed by atoms with Gasteiger partial charge in [-0.1, -0.05) is 60.7 Å². The predicted octanol–water partition coefficient (Wildman–Crippen LogP) is 7.19. The van der Waals surface area contributed by atoms with Crippen molar-refractivity contribution in [2.75, 3.05) is 20.1 Å². The topological polar surface area (TPSA) is 70.6 Å². The second-order valence-corrected chi connectivity index (χ2v) is 11.5. The van der Waals surface area contributed by atoms with E-state index in [1.54, 1.807) is 72.8 Å². The molecule has 4 aromatic rings. The summed E-state index contributed by atoms with van der Waals surface area (Å²) in [7, 11) is 1.60. The summed E-state index contributed by atoms with van der Waals surface area (Å²) in [6.45, 7) is 2.66. The van der Waals surface area contributed by atoms with Crippen LogP contribution in [0.5, 0.6) is 0 Å². The molecule has 0 spiro atoms. The molecule has 1 aliphatic rings. The Bertz CT molecular complexity index is 1610. The standard InChI is InChI=1S/C33H30F3N3O3S/c1-21(29(40)23-8-4-3-5-9-23)38(2)32(42)28-20-43-30(37-28)24-16-18-39(19-17-24)31(41)27-11-7-6-10-26(27)22-12-14-25(15-13-22)33(34,35)36/h3-15,20-21,24H,16-19H2,1-2H3/t21-/m1/s1. The summed E-state index contributed by atoms with van der Waals surface area (Å²) >= 11 is 1.40. The number of hydrogen-bond donors (Lipinski definition) is 0. The summed E-state index contributed by atoms with van der Waals surface area (Å²) in [5, 5.41) is 2.53. The number of aromatic nitrogens is 1. The van der Waals surface area contributed by atoms with Crippen molar-refractivity contribution in [3.05, 3.63) is 112 Å². The lowest BCUT2D eigenvalue weighted by Gasteiger charge is -2.31. The van der Waals surface area contributed by atoms with E-state index in [1.165, 1.54) is 28.4 Å². The maximum atomic E-state index is 13.5. The molecule has 0 radical (unpaired) electrons. The Morgan fingerprint density at radius 3 is 2.21 bits per heavy atom. The zero-order valence-corrected chi connectivity index (χ0v) is 24.5. The van der Waals surface area contributed by atoms with E-state index >= 15 is 0 Å². The van der Waals surface area contributed by atoms with E-state index in [-0.39, 0.29) is 23.5 Å². The minimum atomic E-state index is -4.43. The fourth-order valence-corrected chi connectivity index (χ4v) is 6.17. The quantitative estimate of drug-likeness (QED) is 0.209. The molecular weight excluding hydrogens is 575 g/mol. The first-order valence-electron chi connectivity index (χ1n) is 13.9. The highest BCUT2D eigenvalue weighted by molar-refractivity contribution is 7.09. The third-order valence-electron chi connectivity index (χ3n) is 7.89. The molecule has 0 saturated carbocycles. The van der Waals surface area contributed by atoms with Gasteiger partial charge in [0, 0.05) is 42.6 Å². The van der Waals surface area contributed by atoms with Crippen LogP contribution in [0.2, 0.25) is 0 Å². The van der Waals surface area contributed by atoms with Gasteiger partial charge in [0.05, 0.1) is 16.6 Å². The highest BCUT2D eigenvalue weighted by Crippen LogP contribution is 2.34. The molecule has 0 aliphatic carbocycles. The van der Waals surface area contributed by atoms with Gasteiger partial charge < -0.3 is 9.80 Å². The lowest BCUT2D eigenvalue weighted by Crippen LogP contribution is -2.40. The van der Waals surface area contributed by atoms with Gasteiger partial charge in [-0.3, -0.25) is 14.4 Å². The highest BCUT2D eigenvalue weighted by Gasteiger charge is 2.32. The molecule has 2 amide bonds. The van der Waals surface area contributed by atoms with Crippen LogP contribution in [0, 0.1) is 0 Å². The van der Waals surface area contributed by atoms with Crippen molar-refractivity contribution in [2.24, 2.45) is 0 Å². The fourth-order valence-electron chi connectivity index (χ4n) is 5.21. The number of nitrogens with zero attached hydrogens (tertiary/aromatic N) is 3. The van der Waals surface area contributed by atoms with Gasteiger partial charge >= 0.3 is 6.18 Å². The number of ketones is 1. The van der Waals surface area contributed by atoms with E-state index in [1.807, 2.05) is 6.07 Å². The zero-order chi connectivity index (χ0) is 30.7. The third-order valence-corrected chi connectivity index (χ3v) is 8.90. The SMILES string of the molecule is C[C@H](C(=O)c1ccccc1)N(C)C(=O)c1csc(C2CCN(C(=O)c3ccccc3-c3ccc(C(F)(F)F)cc3)CC2)n1. The normalized spacial score (nSPS) is 14.8. The zero-order valence-electron chi connectivity index (χ0n) is 23.7. The number of amides is 2. The van der Waals surface area contributed by atoms with E-state index in [4.69, 9.17) is 0 Å². The van der Waals surface area contributed by atoms with Crippen LogP contribution in [0.3, 0.4) is 0 Å². The Hall–Kier alpha value is -4.31. The van der Waals surface area contributed by atoms with Crippen LogP contribution in [-0.2, 0) is 6.18 Å². The number of carbonyl (C=O) groups excluding carboxylic acids is 3. The first-order valence-corrected chi connectivity index (χ1v) is 14.8. The molecule has 6 nitrogen and oxygen atoms in total. The van der Waals surface area contributed by atoms with Gasteiger partial charge in [-0.05, 0) is 49.1 Å². The number of halogens is 3. The van der Waals surface area contributed by atoms with E-state index in [0.29, 0.717) is 53.9 Å². The molecule has 1 saturated heterocycles. The fraction of sp³-hybridized carbons (Fsp3) is 0.273. The molecule has 5 rings (SSSR count). The van der Waals surface area contributed by atoms with Crippen LogP contribution in [0.1, 0.15) is 67.5 Å². The van der Waals surface area contributed by atoms with Gasteiger partial charge in [0.1, 0.15) is 5.69 Å². The van der Waals surface area contributed by atoms with Crippen LogP contribution in [0.4, 0.5) is 13.2 Å². The van der Waals surface area contributed by atoms with Gasteiger partial charge in [-0.25, -0.2) is 4.98 Å². The van der Waals surface area contributed by atoms with Crippen LogP contribution in [-0.4, -0.2) is 58.6 Å². The summed E-state index contributed by atoms with van der Waals surface area (Å²) in [6, 6.07) is 19.9. The molecule has 0 unspecified atom stereocenters. The summed E-state index contributed by atoms with van der Waals surface area (Å²) in [5.41, 5.74) is 1.64. The average Bonchev–Trinajstić information content (AvgIpc) is 3.53. The van der Waals surface area contributed by atoms with E-state index < -0.39 is 17.8 Å². The highest BCUT2D eigenvalue weighted by atomic mass is 32.1. The number of thiazole rings is 1. The molecule has 2 heterocycles. The lowest BCUT2D eigenvalue weighted by atomic mass is 9.94. The van der Waals surface area contributed by atoms with E-state index in [9.17, 15) is 27.6 Å². The number of carbonyl (C=O) groups is 3. The number of likely N-dealkylation sites (tertiary alicyclic amines) is 1. The summed E-state index contributed by atoms with van der Waals surface area (Å²) in [6.07, 6.45) is -3.11. The van der Waals surface area contributed by atoms with Crippen molar-refractivity contribution in [3.63, 3.8) is 0 Å². The molecule has 1 fully saturated rings. The number of alkyl halides is 3. The van der Waals surface area contributed by atoms with Crippen molar-refractivity contribution < 1.29 is 27.6 Å². The van der Waals surface area contributed by atoms with Gasteiger partial charge in [0.2, 0.25) is 0 Å². The molecule has 0 N–H and O–H groups in total. The monoisotopic (exact) mass is 605 g/mol. The van der Waals surface area contributed by atoms with Gasteiger partial charge in [-0.2, -0.15) is 13.2 Å². The minimum Gasteiger partial charge on any atom is -0.339 e.